The minimum absolute atomic E-state index is 1.12. The molecular formula is C6H10NS. The molecule has 1 aliphatic rings. The van der Waals surface area contributed by atoms with Crippen molar-refractivity contribution < 1.29 is 0 Å². The average molecular weight is 128 g/mol. The van der Waals surface area contributed by atoms with Crippen molar-refractivity contribution in [1.29, 1.82) is 0 Å². The van der Waals surface area contributed by atoms with Crippen LogP contribution in [-0.2, 0) is 0 Å². The Labute approximate surface area is 54.8 Å². The van der Waals surface area contributed by atoms with Crippen molar-refractivity contribution in [1.82, 2.24) is 4.90 Å². The Morgan fingerprint density at radius 2 is 2.38 bits per heavy atom. The first-order chi connectivity index (χ1) is 3.80. The summed E-state index contributed by atoms with van der Waals surface area (Å²) >= 11 is 1.81. The second-order valence-corrected chi connectivity index (χ2v) is 2.96. The zero-order valence-corrected chi connectivity index (χ0v) is 6.03. The van der Waals surface area contributed by atoms with E-state index in [1.165, 1.54) is 5.37 Å². The molecule has 0 aromatic rings. The molecule has 0 N–H and O–H groups in total. The van der Waals surface area contributed by atoms with Crippen LogP contribution in [0.3, 0.4) is 0 Å². The molecule has 1 aliphatic heterocycles. The smallest absolute Gasteiger partial charge is 0.103 e. The maximum absolute atomic E-state index is 2.18. The molecule has 0 aromatic carbocycles. The average Bonchev–Trinajstić information content (AvgIpc) is 2.12. The van der Waals surface area contributed by atoms with Crippen LogP contribution in [0.2, 0.25) is 0 Å². The first-order valence-corrected chi connectivity index (χ1v) is 3.53. The van der Waals surface area contributed by atoms with Crippen LogP contribution < -0.4 is 0 Å². The lowest BCUT2D eigenvalue weighted by atomic mass is 10.4. The summed E-state index contributed by atoms with van der Waals surface area (Å²) in [4.78, 5) is 2.16. The van der Waals surface area contributed by atoms with E-state index in [4.69, 9.17) is 0 Å². The molecule has 0 bridgehead atoms. The SMILES string of the molecule is CN(C)[C]1CC=CS1. The number of hydrogen-bond acceptors (Lipinski definition) is 2. The van der Waals surface area contributed by atoms with Crippen molar-refractivity contribution in [3.8, 4) is 0 Å². The Hall–Kier alpha value is 0.0500. The number of rotatable bonds is 1. The molecule has 0 saturated carbocycles. The van der Waals surface area contributed by atoms with Gasteiger partial charge in [0.25, 0.3) is 0 Å². The third-order valence-electron chi connectivity index (χ3n) is 1.09. The van der Waals surface area contributed by atoms with Gasteiger partial charge in [0.15, 0.2) is 0 Å². The number of nitrogens with zero attached hydrogens (tertiary/aromatic N) is 1. The second kappa shape index (κ2) is 2.55. The Balaban J connectivity index is 2.29. The van der Waals surface area contributed by atoms with Crippen LogP contribution in [0.1, 0.15) is 6.42 Å². The third kappa shape index (κ3) is 1.26. The molecule has 0 fully saturated rings. The Morgan fingerprint density at radius 1 is 1.62 bits per heavy atom. The predicted octanol–water partition coefficient (Wildman–Crippen LogP) is 1.69. The van der Waals surface area contributed by atoms with E-state index in [2.05, 4.69) is 30.5 Å². The van der Waals surface area contributed by atoms with Crippen LogP contribution >= 0.6 is 11.8 Å². The number of hydrogen-bond donors (Lipinski definition) is 0. The highest BCUT2D eigenvalue weighted by molar-refractivity contribution is 8.05. The molecule has 1 heterocycles. The van der Waals surface area contributed by atoms with Crippen molar-refractivity contribution >= 4 is 11.8 Å². The fourth-order valence-electron chi connectivity index (χ4n) is 0.612. The monoisotopic (exact) mass is 128 g/mol. The van der Waals surface area contributed by atoms with Crippen LogP contribution in [0.15, 0.2) is 11.5 Å². The molecule has 1 rings (SSSR count). The summed E-state index contributed by atoms with van der Waals surface area (Å²) in [6, 6.07) is 0. The molecule has 0 saturated heterocycles. The molecule has 0 atom stereocenters. The molecular weight excluding hydrogens is 118 g/mol. The van der Waals surface area contributed by atoms with E-state index in [1.807, 2.05) is 11.8 Å². The van der Waals surface area contributed by atoms with E-state index in [9.17, 15) is 0 Å². The van der Waals surface area contributed by atoms with Gasteiger partial charge in [-0.2, -0.15) is 0 Å². The first-order valence-electron chi connectivity index (χ1n) is 2.65. The normalized spacial score (nSPS) is 20.9. The molecule has 2 heteroatoms. The lowest BCUT2D eigenvalue weighted by molar-refractivity contribution is 0.473. The molecule has 0 amide bonds. The molecule has 1 nitrogen and oxygen atoms in total. The fourth-order valence-corrected chi connectivity index (χ4v) is 1.36. The van der Waals surface area contributed by atoms with E-state index in [-0.39, 0.29) is 0 Å². The third-order valence-corrected chi connectivity index (χ3v) is 2.22. The van der Waals surface area contributed by atoms with E-state index in [0.29, 0.717) is 0 Å². The summed E-state index contributed by atoms with van der Waals surface area (Å²) in [5.41, 5.74) is 0. The van der Waals surface area contributed by atoms with Gasteiger partial charge in [0.1, 0.15) is 5.37 Å². The molecule has 1 radical (unpaired) electrons. The molecule has 45 valence electrons. The standard InChI is InChI=1S/C6H10NS/c1-7(2)6-4-3-5-8-6/h3,5H,4H2,1-2H3. The van der Waals surface area contributed by atoms with Gasteiger partial charge in [0, 0.05) is 0 Å². The molecule has 0 aliphatic carbocycles. The van der Waals surface area contributed by atoms with Crippen molar-refractivity contribution in [3.05, 3.63) is 16.9 Å². The lowest BCUT2D eigenvalue weighted by Gasteiger charge is -2.14. The molecule has 0 aromatic heterocycles. The fraction of sp³-hybridized carbons (Fsp3) is 0.500. The van der Waals surface area contributed by atoms with Crippen molar-refractivity contribution in [2.75, 3.05) is 14.1 Å². The van der Waals surface area contributed by atoms with Gasteiger partial charge in [-0.15, -0.1) is 11.8 Å². The van der Waals surface area contributed by atoms with Gasteiger partial charge in [0.05, 0.1) is 0 Å². The molecule has 8 heavy (non-hydrogen) atoms. The van der Waals surface area contributed by atoms with Crippen LogP contribution in [-0.4, -0.2) is 19.0 Å². The van der Waals surface area contributed by atoms with E-state index in [0.717, 1.165) is 6.42 Å². The van der Waals surface area contributed by atoms with Gasteiger partial charge in [0.2, 0.25) is 0 Å². The van der Waals surface area contributed by atoms with E-state index in [1.54, 1.807) is 0 Å². The minimum atomic E-state index is 1.12. The second-order valence-electron chi connectivity index (χ2n) is 1.98. The topological polar surface area (TPSA) is 3.24 Å². The maximum Gasteiger partial charge on any atom is 0.103 e. The van der Waals surface area contributed by atoms with Crippen molar-refractivity contribution in [2.45, 2.75) is 6.42 Å². The largest absolute Gasteiger partial charge is 0.292 e. The summed E-state index contributed by atoms with van der Waals surface area (Å²) < 4.78 is 0. The first kappa shape index (κ1) is 6.17. The van der Waals surface area contributed by atoms with E-state index < -0.39 is 0 Å². The van der Waals surface area contributed by atoms with Gasteiger partial charge in [-0.25, -0.2) is 0 Å². The van der Waals surface area contributed by atoms with Crippen LogP contribution in [0, 0.1) is 5.37 Å². The lowest BCUT2D eigenvalue weighted by Crippen LogP contribution is -2.13. The highest BCUT2D eigenvalue weighted by Crippen LogP contribution is 2.32. The Bertz CT molecular complexity index is 90.7. The summed E-state index contributed by atoms with van der Waals surface area (Å²) in [5, 5.41) is 3.57. The van der Waals surface area contributed by atoms with Gasteiger partial charge < -0.3 is 0 Å². The van der Waals surface area contributed by atoms with Gasteiger partial charge >= 0.3 is 0 Å². The summed E-state index contributed by atoms with van der Waals surface area (Å²) in [6.45, 7) is 0. The predicted molar refractivity (Wildman–Crippen MR) is 38.3 cm³/mol. The van der Waals surface area contributed by atoms with Crippen LogP contribution in [0.5, 0.6) is 0 Å². The highest BCUT2D eigenvalue weighted by atomic mass is 32.2. The van der Waals surface area contributed by atoms with Gasteiger partial charge in [-0.1, -0.05) is 6.08 Å². The zero-order valence-electron chi connectivity index (χ0n) is 5.22. The Kier molecular flexibility index (Phi) is 1.97. The minimum Gasteiger partial charge on any atom is -0.292 e. The Morgan fingerprint density at radius 3 is 2.62 bits per heavy atom. The molecule has 0 unspecified atom stereocenters. The molecule has 0 spiro atoms. The van der Waals surface area contributed by atoms with Crippen molar-refractivity contribution in [2.24, 2.45) is 0 Å². The summed E-state index contributed by atoms with van der Waals surface area (Å²) in [7, 11) is 4.16. The summed E-state index contributed by atoms with van der Waals surface area (Å²) in [5.74, 6) is 0. The summed E-state index contributed by atoms with van der Waals surface area (Å²) in [6.07, 6.45) is 3.30. The van der Waals surface area contributed by atoms with Crippen LogP contribution in [0.25, 0.3) is 0 Å². The van der Waals surface area contributed by atoms with E-state index >= 15 is 0 Å². The van der Waals surface area contributed by atoms with Crippen molar-refractivity contribution in [3.63, 3.8) is 0 Å². The quantitative estimate of drug-likeness (QED) is 0.528. The number of thioether (sulfide) groups is 1. The maximum atomic E-state index is 2.18. The van der Waals surface area contributed by atoms with Gasteiger partial charge in [-0.05, 0) is 25.9 Å². The highest BCUT2D eigenvalue weighted by Gasteiger charge is 2.12. The van der Waals surface area contributed by atoms with Crippen LogP contribution in [0.4, 0.5) is 0 Å². The van der Waals surface area contributed by atoms with Gasteiger partial charge in [-0.3, -0.25) is 4.90 Å². The zero-order chi connectivity index (χ0) is 5.98.